The molecular formula is C22H24N6O3S. The first-order valence-corrected chi connectivity index (χ1v) is 11.2. The number of hydrogen-bond acceptors (Lipinski definition) is 8. The lowest BCUT2D eigenvalue weighted by atomic mass is 10.1. The van der Waals surface area contributed by atoms with E-state index >= 15 is 0 Å². The summed E-state index contributed by atoms with van der Waals surface area (Å²) in [5, 5.41) is 33.2. The zero-order chi connectivity index (χ0) is 22.8. The highest BCUT2D eigenvalue weighted by molar-refractivity contribution is 7.17. The van der Waals surface area contributed by atoms with Crippen LogP contribution in [0.15, 0.2) is 18.2 Å². The van der Waals surface area contributed by atoms with Crippen LogP contribution in [0.2, 0.25) is 0 Å². The van der Waals surface area contributed by atoms with Crippen molar-refractivity contribution in [2.24, 2.45) is 0 Å². The molecule has 3 aromatic rings. The van der Waals surface area contributed by atoms with Gasteiger partial charge in [-0.1, -0.05) is 11.3 Å². The SMILES string of the molecule is Cc1c2c(nn1-c1nnc(-c3ccc(OC(C)C)c(C#N)c3)s1)CCN(CCC(=O)O)C2. The van der Waals surface area contributed by atoms with Gasteiger partial charge in [0.05, 0.1) is 23.8 Å². The van der Waals surface area contributed by atoms with Gasteiger partial charge in [-0.25, -0.2) is 4.68 Å². The van der Waals surface area contributed by atoms with Crippen LogP contribution in [-0.4, -0.2) is 55.1 Å². The molecule has 0 unspecified atom stereocenters. The molecule has 0 saturated heterocycles. The Labute approximate surface area is 189 Å². The van der Waals surface area contributed by atoms with Crippen LogP contribution < -0.4 is 4.74 Å². The summed E-state index contributed by atoms with van der Waals surface area (Å²) in [5.74, 6) is -0.230. The van der Waals surface area contributed by atoms with E-state index in [-0.39, 0.29) is 12.5 Å². The molecule has 166 valence electrons. The molecule has 0 aliphatic carbocycles. The average molecular weight is 453 g/mol. The van der Waals surface area contributed by atoms with Crippen LogP contribution in [0.4, 0.5) is 0 Å². The Hall–Kier alpha value is -3.29. The van der Waals surface area contributed by atoms with Crippen LogP contribution >= 0.6 is 11.3 Å². The third-order valence-electron chi connectivity index (χ3n) is 5.32. The molecule has 3 heterocycles. The van der Waals surface area contributed by atoms with Crippen molar-refractivity contribution in [3.8, 4) is 27.5 Å². The van der Waals surface area contributed by atoms with Gasteiger partial charge in [0.15, 0.2) is 0 Å². The number of aliphatic carboxylic acids is 1. The molecule has 1 N–H and O–H groups in total. The fraction of sp³-hybridized carbons (Fsp3) is 0.409. The van der Waals surface area contributed by atoms with Crippen molar-refractivity contribution in [1.29, 1.82) is 5.26 Å². The third kappa shape index (κ3) is 4.49. The lowest BCUT2D eigenvalue weighted by Gasteiger charge is -2.25. The molecule has 0 amide bonds. The van der Waals surface area contributed by atoms with Crippen molar-refractivity contribution in [2.45, 2.75) is 46.3 Å². The second kappa shape index (κ2) is 9.06. The molecule has 9 nitrogen and oxygen atoms in total. The number of fused-ring (bicyclic) bond motifs is 1. The van der Waals surface area contributed by atoms with Gasteiger partial charge < -0.3 is 9.84 Å². The van der Waals surface area contributed by atoms with Crippen LogP contribution in [0.5, 0.6) is 5.75 Å². The Balaban J connectivity index is 1.58. The number of ether oxygens (including phenoxy) is 1. The molecular weight excluding hydrogens is 428 g/mol. The summed E-state index contributed by atoms with van der Waals surface area (Å²) < 4.78 is 7.51. The quantitative estimate of drug-likeness (QED) is 0.581. The van der Waals surface area contributed by atoms with Crippen molar-refractivity contribution in [2.75, 3.05) is 13.1 Å². The van der Waals surface area contributed by atoms with Gasteiger partial charge in [-0.3, -0.25) is 9.69 Å². The molecule has 0 fully saturated rings. The number of carbonyl (C=O) groups is 1. The predicted octanol–water partition coefficient (Wildman–Crippen LogP) is 3.19. The van der Waals surface area contributed by atoms with Crippen LogP contribution in [0, 0.1) is 18.3 Å². The number of carboxylic acid groups (broad SMARTS) is 1. The molecule has 1 aromatic carbocycles. The summed E-state index contributed by atoms with van der Waals surface area (Å²) in [7, 11) is 0. The largest absolute Gasteiger partial charge is 0.490 e. The van der Waals surface area contributed by atoms with Crippen molar-refractivity contribution in [3.05, 3.63) is 40.7 Å². The molecule has 0 saturated carbocycles. The molecule has 32 heavy (non-hydrogen) atoms. The van der Waals surface area contributed by atoms with Crippen molar-refractivity contribution >= 4 is 17.3 Å². The molecule has 4 rings (SSSR count). The Morgan fingerprint density at radius 3 is 2.91 bits per heavy atom. The summed E-state index contributed by atoms with van der Waals surface area (Å²) in [4.78, 5) is 13.0. The van der Waals surface area contributed by atoms with Gasteiger partial charge in [-0.2, -0.15) is 10.4 Å². The summed E-state index contributed by atoms with van der Waals surface area (Å²) in [6.45, 7) is 7.84. The first-order chi connectivity index (χ1) is 15.4. The smallest absolute Gasteiger partial charge is 0.304 e. The second-order valence-corrected chi connectivity index (χ2v) is 8.93. The van der Waals surface area contributed by atoms with Crippen molar-refractivity contribution < 1.29 is 14.6 Å². The van der Waals surface area contributed by atoms with E-state index < -0.39 is 5.97 Å². The van der Waals surface area contributed by atoms with Gasteiger partial charge in [0.1, 0.15) is 16.8 Å². The summed E-state index contributed by atoms with van der Waals surface area (Å²) in [6.07, 6.45) is 0.889. The van der Waals surface area contributed by atoms with E-state index in [2.05, 4.69) is 21.2 Å². The number of rotatable bonds is 7. The Morgan fingerprint density at radius 1 is 1.38 bits per heavy atom. The van der Waals surface area contributed by atoms with E-state index in [9.17, 15) is 10.1 Å². The van der Waals surface area contributed by atoms with Crippen LogP contribution in [0.25, 0.3) is 15.7 Å². The number of carboxylic acids is 1. The molecule has 1 aliphatic rings. The fourth-order valence-electron chi connectivity index (χ4n) is 3.72. The lowest BCUT2D eigenvalue weighted by Crippen LogP contribution is -2.32. The zero-order valence-electron chi connectivity index (χ0n) is 18.2. The number of aromatic nitrogens is 4. The van der Waals surface area contributed by atoms with Gasteiger partial charge in [0.25, 0.3) is 0 Å². The van der Waals surface area contributed by atoms with Crippen LogP contribution in [-0.2, 0) is 17.8 Å². The molecule has 0 bridgehead atoms. The minimum atomic E-state index is -0.784. The number of nitrogens with zero attached hydrogens (tertiary/aromatic N) is 6. The fourth-order valence-corrected chi connectivity index (χ4v) is 4.57. The normalized spacial score (nSPS) is 13.7. The van der Waals surface area contributed by atoms with E-state index in [0.29, 0.717) is 34.5 Å². The number of hydrogen-bond donors (Lipinski definition) is 1. The van der Waals surface area contributed by atoms with Crippen molar-refractivity contribution in [3.63, 3.8) is 0 Å². The third-order valence-corrected chi connectivity index (χ3v) is 6.26. The zero-order valence-corrected chi connectivity index (χ0v) is 19.0. The number of nitriles is 1. The van der Waals surface area contributed by atoms with Gasteiger partial charge in [0.2, 0.25) is 5.13 Å². The van der Waals surface area contributed by atoms with Crippen LogP contribution in [0.1, 0.15) is 42.8 Å². The minimum absolute atomic E-state index is 0.0186. The molecule has 2 aromatic heterocycles. The first-order valence-electron chi connectivity index (χ1n) is 10.4. The predicted molar refractivity (Wildman–Crippen MR) is 119 cm³/mol. The summed E-state index contributed by atoms with van der Waals surface area (Å²) in [6, 6.07) is 7.62. The minimum Gasteiger partial charge on any atom is -0.490 e. The second-order valence-electron chi connectivity index (χ2n) is 7.97. The Morgan fingerprint density at radius 2 is 2.19 bits per heavy atom. The molecule has 10 heteroatoms. The topological polar surface area (TPSA) is 117 Å². The van der Waals surface area contributed by atoms with Gasteiger partial charge in [-0.05, 0) is 39.0 Å². The van der Waals surface area contributed by atoms with Gasteiger partial charge in [-0.15, -0.1) is 10.2 Å². The van der Waals surface area contributed by atoms with E-state index in [4.69, 9.17) is 14.9 Å². The molecule has 0 atom stereocenters. The van der Waals surface area contributed by atoms with Crippen molar-refractivity contribution in [1.82, 2.24) is 24.9 Å². The lowest BCUT2D eigenvalue weighted by molar-refractivity contribution is -0.137. The maximum absolute atomic E-state index is 10.9. The van der Waals surface area contributed by atoms with E-state index in [1.54, 1.807) is 12.1 Å². The van der Waals surface area contributed by atoms with E-state index in [1.165, 1.54) is 11.3 Å². The standard InChI is InChI=1S/C22H24N6O3S/c1-13(2)31-19-5-4-15(10-16(19)11-23)21-24-25-22(32-21)28-14(3)17-12-27(9-7-20(29)30)8-6-18(17)26-28/h4-5,10,13H,6-9,12H2,1-3H3,(H,29,30). The average Bonchev–Trinajstić information content (AvgIpc) is 3.37. The maximum atomic E-state index is 10.9. The van der Waals surface area contributed by atoms with Gasteiger partial charge >= 0.3 is 5.97 Å². The monoisotopic (exact) mass is 452 g/mol. The summed E-state index contributed by atoms with van der Waals surface area (Å²) >= 11 is 1.41. The van der Waals surface area contributed by atoms with Gasteiger partial charge in [0, 0.05) is 42.9 Å². The molecule has 0 spiro atoms. The number of benzene rings is 1. The Bertz CT molecular complexity index is 1190. The molecule has 0 radical (unpaired) electrons. The maximum Gasteiger partial charge on any atom is 0.304 e. The highest BCUT2D eigenvalue weighted by atomic mass is 32.1. The van der Waals surface area contributed by atoms with E-state index in [1.807, 2.05) is 31.5 Å². The summed E-state index contributed by atoms with van der Waals surface area (Å²) in [5.41, 5.74) is 4.39. The molecule has 1 aliphatic heterocycles. The Kier molecular flexibility index (Phi) is 6.21. The first kappa shape index (κ1) is 21.9. The highest BCUT2D eigenvalue weighted by Gasteiger charge is 2.25. The van der Waals surface area contributed by atoms with Crippen LogP contribution in [0.3, 0.4) is 0 Å². The van der Waals surface area contributed by atoms with E-state index in [0.717, 1.165) is 35.5 Å². The highest BCUT2D eigenvalue weighted by Crippen LogP contribution is 2.31.